The first-order valence-corrected chi connectivity index (χ1v) is 9.13. The fourth-order valence-corrected chi connectivity index (χ4v) is 4.47. The van der Waals surface area contributed by atoms with E-state index in [4.69, 9.17) is 0 Å². The molecule has 0 aromatic heterocycles. The lowest BCUT2D eigenvalue weighted by atomic mass is 9.63. The van der Waals surface area contributed by atoms with Crippen molar-refractivity contribution in [2.45, 2.75) is 24.2 Å². The molecule has 0 N–H and O–H groups in total. The number of carbonyl (C=O) groups is 1. The fraction of sp³-hybridized carbons (Fsp3) is 0.160. The second kappa shape index (κ2) is 6.76. The summed E-state index contributed by atoms with van der Waals surface area (Å²) in [6, 6.07) is 30.7. The molecular weight excluding hydrogens is 316 g/mol. The topological polar surface area (TPSA) is 17.1 Å². The number of ketones is 1. The summed E-state index contributed by atoms with van der Waals surface area (Å²) in [5.41, 5.74) is 3.49. The quantitative estimate of drug-likeness (QED) is 0.589. The summed E-state index contributed by atoms with van der Waals surface area (Å²) in [5.74, 6) is 0.373. The zero-order valence-electron chi connectivity index (χ0n) is 14.8. The van der Waals surface area contributed by atoms with Crippen LogP contribution >= 0.6 is 0 Å². The number of carbonyl (C=O) groups excluding carboxylic acids is 1. The van der Waals surface area contributed by atoms with Crippen molar-refractivity contribution < 1.29 is 4.79 Å². The summed E-state index contributed by atoms with van der Waals surface area (Å²) in [6.07, 6.45) is 1.43. The first-order valence-electron chi connectivity index (χ1n) is 9.13. The van der Waals surface area contributed by atoms with Gasteiger partial charge < -0.3 is 0 Å². The van der Waals surface area contributed by atoms with E-state index in [1.807, 2.05) is 42.5 Å². The Labute approximate surface area is 155 Å². The van der Waals surface area contributed by atoms with Gasteiger partial charge in [-0.15, -0.1) is 0 Å². The summed E-state index contributed by atoms with van der Waals surface area (Å²) in [6.45, 7) is 4.46. The van der Waals surface area contributed by atoms with Crippen LogP contribution in [0.2, 0.25) is 0 Å². The van der Waals surface area contributed by atoms with E-state index in [9.17, 15) is 4.79 Å². The molecule has 2 atom stereocenters. The maximum absolute atomic E-state index is 13.4. The Morgan fingerprint density at radius 3 is 1.96 bits per heavy atom. The summed E-state index contributed by atoms with van der Waals surface area (Å²) in [4.78, 5) is 13.4. The third-order valence-corrected chi connectivity index (χ3v) is 5.65. The van der Waals surface area contributed by atoms with Crippen LogP contribution < -0.4 is 0 Å². The van der Waals surface area contributed by atoms with E-state index in [2.05, 4.69) is 55.1 Å². The molecule has 1 nitrogen and oxygen atoms in total. The van der Waals surface area contributed by atoms with Crippen LogP contribution in [0.15, 0.2) is 97.6 Å². The van der Waals surface area contributed by atoms with Crippen molar-refractivity contribution in [1.82, 2.24) is 0 Å². The van der Waals surface area contributed by atoms with E-state index in [1.54, 1.807) is 0 Å². The van der Waals surface area contributed by atoms with Gasteiger partial charge in [0.05, 0.1) is 5.41 Å². The molecule has 0 saturated heterocycles. The van der Waals surface area contributed by atoms with E-state index in [0.29, 0.717) is 6.42 Å². The lowest BCUT2D eigenvalue weighted by molar-refractivity contribution is -0.120. The van der Waals surface area contributed by atoms with Gasteiger partial charge in [-0.05, 0) is 28.7 Å². The third kappa shape index (κ3) is 2.52. The van der Waals surface area contributed by atoms with Crippen molar-refractivity contribution in [2.24, 2.45) is 0 Å². The largest absolute Gasteiger partial charge is 0.298 e. The summed E-state index contributed by atoms with van der Waals surface area (Å²) in [7, 11) is 0. The van der Waals surface area contributed by atoms with Crippen molar-refractivity contribution in [1.29, 1.82) is 0 Å². The summed E-state index contributed by atoms with van der Waals surface area (Å²) >= 11 is 0. The molecular formula is C25H22O. The molecule has 1 aliphatic carbocycles. The SMILES string of the molecule is C=C(c1ccccc1)[C@@]1(c2ccccc2)C(=O)CC[C@H]1c1ccccc1. The molecule has 0 amide bonds. The fourth-order valence-electron chi connectivity index (χ4n) is 4.47. The van der Waals surface area contributed by atoms with Gasteiger partial charge in [-0.1, -0.05) is 97.6 Å². The van der Waals surface area contributed by atoms with Gasteiger partial charge in [0.25, 0.3) is 0 Å². The molecule has 1 fully saturated rings. The number of benzene rings is 3. The van der Waals surface area contributed by atoms with Crippen LogP contribution in [0, 0.1) is 0 Å². The van der Waals surface area contributed by atoms with Gasteiger partial charge in [-0.3, -0.25) is 4.79 Å². The predicted molar refractivity (Wildman–Crippen MR) is 107 cm³/mol. The number of hydrogen-bond donors (Lipinski definition) is 0. The maximum atomic E-state index is 13.4. The molecule has 128 valence electrons. The Kier molecular flexibility index (Phi) is 4.30. The van der Waals surface area contributed by atoms with Crippen molar-refractivity contribution in [3.8, 4) is 0 Å². The zero-order valence-corrected chi connectivity index (χ0v) is 14.8. The molecule has 4 rings (SSSR count). The zero-order chi connectivity index (χ0) is 18.0. The smallest absolute Gasteiger partial charge is 0.148 e. The predicted octanol–water partition coefficient (Wildman–Crippen LogP) is 5.78. The van der Waals surface area contributed by atoms with E-state index in [0.717, 1.165) is 23.1 Å². The third-order valence-electron chi connectivity index (χ3n) is 5.65. The van der Waals surface area contributed by atoms with Crippen LogP contribution in [0.4, 0.5) is 0 Å². The van der Waals surface area contributed by atoms with E-state index in [-0.39, 0.29) is 11.7 Å². The Bertz CT molecular complexity index is 912. The molecule has 0 aliphatic heterocycles. The standard InChI is InChI=1S/C25H22O/c1-19(20-11-5-2-6-12-20)25(22-15-9-4-10-16-22)23(17-18-24(25)26)21-13-7-3-8-14-21/h2-16,23H,1,17-18H2/t23-,25-/m0/s1. The Morgan fingerprint density at radius 1 is 0.808 bits per heavy atom. The minimum Gasteiger partial charge on any atom is -0.298 e. The van der Waals surface area contributed by atoms with Crippen LogP contribution in [-0.2, 0) is 10.2 Å². The number of allylic oxidation sites excluding steroid dienone is 1. The van der Waals surface area contributed by atoms with E-state index < -0.39 is 5.41 Å². The molecule has 1 saturated carbocycles. The van der Waals surface area contributed by atoms with Crippen molar-refractivity contribution in [2.75, 3.05) is 0 Å². The monoisotopic (exact) mass is 338 g/mol. The molecule has 0 spiro atoms. The highest BCUT2D eigenvalue weighted by Gasteiger charge is 2.53. The number of rotatable bonds is 4. The van der Waals surface area contributed by atoms with Gasteiger partial charge in [-0.25, -0.2) is 0 Å². The number of hydrogen-bond acceptors (Lipinski definition) is 1. The average molecular weight is 338 g/mol. The lowest BCUT2D eigenvalue weighted by Gasteiger charge is -2.37. The number of Topliss-reactive ketones (excluding diaryl/α,β-unsaturated/α-hetero) is 1. The highest BCUT2D eigenvalue weighted by molar-refractivity contribution is 6.06. The van der Waals surface area contributed by atoms with Gasteiger partial charge in [-0.2, -0.15) is 0 Å². The van der Waals surface area contributed by atoms with Crippen molar-refractivity contribution in [3.63, 3.8) is 0 Å². The minimum atomic E-state index is -0.704. The van der Waals surface area contributed by atoms with Gasteiger partial charge in [0.15, 0.2) is 0 Å². The van der Waals surface area contributed by atoms with E-state index >= 15 is 0 Å². The van der Waals surface area contributed by atoms with Crippen LogP contribution in [-0.4, -0.2) is 5.78 Å². The Morgan fingerprint density at radius 2 is 1.35 bits per heavy atom. The van der Waals surface area contributed by atoms with Crippen LogP contribution in [0.3, 0.4) is 0 Å². The molecule has 0 bridgehead atoms. The van der Waals surface area contributed by atoms with Crippen LogP contribution in [0.5, 0.6) is 0 Å². The molecule has 3 aromatic rings. The average Bonchev–Trinajstić information content (AvgIpc) is 3.07. The second-order valence-corrected chi connectivity index (χ2v) is 6.94. The molecule has 0 unspecified atom stereocenters. The second-order valence-electron chi connectivity index (χ2n) is 6.94. The summed E-state index contributed by atoms with van der Waals surface area (Å²) < 4.78 is 0. The highest BCUT2D eigenvalue weighted by atomic mass is 16.1. The molecule has 1 heteroatoms. The van der Waals surface area contributed by atoms with Crippen molar-refractivity contribution in [3.05, 3.63) is 114 Å². The molecule has 26 heavy (non-hydrogen) atoms. The summed E-state index contributed by atoms with van der Waals surface area (Å²) in [5, 5.41) is 0. The lowest BCUT2D eigenvalue weighted by Crippen LogP contribution is -2.37. The van der Waals surface area contributed by atoms with Gasteiger partial charge in [0.2, 0.25) is 0 Å². The normalized spacial score (nSPS) is 22.3. The first kappa shape index (κ1) is 16.5. The molecule has 1 aliphatic rings. The van der Waals surface area contributed by atoms with Crippen LogP contribution in [0.1, 0.15) is 35.4 Å². The Balaban J connectivity index is 1.96. The first-order chi connectivity index (χ1) is 12.7. The molecule has 0 radical (unpaired) electrons. The van der Waals surface area contributed by atoms with Gasteiger partial charge in [0.1, 0.15) is 5.78 Å². The van der Waals surface area contributed by atoms with Gasteiger partial charge in [0, 0.05) is 12.3 Å². The minimum absolute atomic E-state index is 0.103. The molecule has 0 heterocycles. The molecule has 3 aromatic carbocycles. The van der Waals surface area contributed by atoms with Gasteiger partial charge >= 0.3 is 0 Å². The van der Waals surface area contributed by atoms with Crippen LogP contribution in [0.25, 0.3) is 5.57 Å². The Hall–Kier alpha value is -2.93. The van der Waals surface area contributed by atoms with E-state index in [1.165, 1.54) is 5.56 Å². The maximum Gasteiger partial charge on any atom is 0.148 e. The highest BCUT2D eigenvalue weighted by Crippen LogP contribution is 2.55. The van der Waals surface area contributed by atoms with Crippen molar-refractivity contribution >= 4 is 11.4 Å².